The van der Waals surface area contributed by atoms with Crippen LogP contribution in [0.3, 0.4) is 0 Å². The monoisotopic (exact) mass is 361 g/mol. The van der Waals surface area contributed by atoms with Crippen molar-refractivity contribution in [3.05, 3.63) is 17.5 Å². The van der Waals surface area contributed by atoms with Gasteiger partial charge >= 0.3 is 0 Å². The molecule has 1 saturated heterocycles. The topological polar surface area (TPSA) is 70.5 Å². The first-order valence-electron chi connectivity index (χ1n) is 9.95. The second-order valence-corrected chi connectivity index (χ2v) is 7.22. The van der Waals surface area contributed by atoms with E-state index in [1.54, 1.807) is 0 Å². The van der Waals surface area contributed by atoms with Crippen LogP contribution in [0.5, 0.6) is 0 Å². The van der Waals surface area contributed by atoms with E-state index in [9.17, 15) is 9.59 Å². The molecule has 7 heteroatoms. The number of nitrogens with zero attached hydrogens (tertiary/aromatic N) is 4. The SMILES string of the molecule is CCN(CC)C(=O)[C@H]1CCCN(C(=O)CCc2cc3n(n2)CCNC3)C1. The Labute approximate surface area is 155 Å². The van der Waals surface area contributed by atoms with Gasteiger partial charge in [0.05, 0.1) is 23.9 Å². The van der Waals surface area contributed by atoms with Gasteiger partial charge in [-0.25, -0.2) is 0 Å². The van der Waals surface area contributed by atoms with Crippen molar-refractivity contribution in [3.63, 3.8) is 0 Å². The molecule has 144 valence electrons. The Morgan fingerprint density at radius 3 is 2.85 bits per heavy atom. The van der Waals surface area contributed by atoms with Crippen LogP contribution in [0, 0.1) is 5.92 Å². The van der Waals surface area contributed by atoms with Crippen LogP contribution >= 0.6 is 0 Å². The minimum Gasteiger partial charge on any atom is -0.343 e. The van der Waals surface area contributed by atoms with Crippen LogP contribution < -0.4 is 5.32 Å². The first-order valence-corrected chi connectivity index (χ1v) is 9.95. The second-order valence-electron chi connectivity index (χ2n) is 7.22. The average molecular weight is 361 g/mol. The Hall–Kier alpha value is -1.89. The Morgan fingerprint density at radius 2 is 2.12 bits per heavy atom. The van der Waals surface area contributed by atoms with E-state index in [1.165, 1.54) is 5.69 Å². The van der Waals surface area contributed by atoms with Gasteiger partial charge in [0.25, 0.3) is 0 Å². The number of hydrogen-bond acceptors (Lipinski definition) is 4. The summed E-state index contributed by atoms with van der Waals surface area (Å²) in [7, 11) is 0. The van der Waals surface area contributed by atoms with Crippen LogP contribution in [0.15, 0.2) is 6.07 Å². The third-order valence-electron chi connectivity index (χ3n) is 5.51. The highest BCUT2D eigenvalue weighted by molar-refractivity contribution is 5.81. The Bertz CT molecular complexity index is 614. The van der Waals surface area contributed by atoms with E-state index in [1.807, 2.05) is 28.3 Å². The predicted molar refractivity (Wildman–Crippen MR) is 99.5 cm³/mol. The lowest BCUT2D eigenvalue weighted by atomic mass is 9.96. The van der Waals surface area contributed by atoms with E-state index in [0.29, 0.717) is 19.4 Å². The van der Waals surface area contributed by atoms with Gasteiger partial charge in [-0.05, 0) is 32.8 Å². The summed E-state index contributed by atoms with van der Waals surface area (Å²) in [4.78, 5) is 29.0. The smallest absolute Gasteiger partial charge is 0.227 e. The molecule has 0 unspecified atom stereocenters. The Kier molecular flexibility index (Phi) is 6.29. The molecule has 3 heterocycles. The number of hydrogen-bond donors (Lipinski definition) is 1. The largest absolute Gasteiger partial charge is 0.343 e. The van der Waals surface area contributed by atoms with E-state index in [2.05, 4.69) is 16.5 Å². The van der Waals surface area contributed by atoms with Gasteiger partial charge < -0.3 is 15.1 Å². The third kappa shape index (κ3) is 4.26. The van der Waals surface area contributed by atoms with Crippen molar-refractivity contribution in [1.29, 1.82) is 0 Å². The van der Waals surface area contributed by atoms with Crippen LogP contribution in [0.2, 0.25) is 0 Å². The number of rotatable bonds is 6. The molecule has 0 radical (unpaired) electrons. The van der Waals surface area contributed by atoms with Crippen LogP contribution in [0.1, 0.15) is 44.5 Å². The summed E-state index contributed by atoms with van der Waals surface area (Å²) >= 11 is 0. The summed E-state index contributed by atoms with van der Waals surface area (Å²) in [6.07, 6.45) is 2.94. The lowest BCUT2D eigenvalue weighted by Gasteiger charge is -2.34. The molecule has 2 amide bonds. The quantitative estimate of drug-likeness (QED) is 0.821. The molecule has 1 fully saturated rings. The molecule has 3 rings (SSSR count). The number of amides is 2. The van der Waals surface area contributed by atoms with Gasteiger partial charge in [-0.2, -0.15) is 5.10 Å². The Balaban J connectivity index is 1.52. The highest BCUT2D eigenvalue weighted by Gasteiger charge is 2.30. The first kappa shape index (κ1) is 18.9. The molecule has 2 aliphatic rings. The van der Waals surface area contributed by atoms with Gasteiger partial charge in [0.1, 0.15) is 0 Å². The first-order chi connectivity index (χ1) is 12.6. The number of piperidine rings is 1. The van der Waals surface area contributed by atoms with Crippen molar-refractivity contribution in [2.45, 2.75) is 52.6 Å². The van der Waals surface area contributed by atoms with E-state index in [0.717, 1.165) is 57.8 Å². The zero-order valence-electron chi connectivity index (χ0n) is 16.0. The van der Waals surface area contributed by atoms with Gasteiger partial charge in [0.2, 0.25) is 11.8 Å². The maximum absolute atomic E-state index is 12.6. The molecule has 1 N–H and O–H groups in total. The van der Waals surface area contributed by atoms with E-state index >= 15 is 0 Å². The standard InChI is InChI=1S/C19H31N5O2/c1-3-22(4-2)19(26)15-6-5-10-23(14-15)18(25)8-7-16-12-17-13-20-9-11-24(17)21-16/h12,15,20H,3-11,13-14H2,1-2H3/t15-/m0/s1. The van der Waals surface area contributed by atoms with Crippen LogP contribution in [-0.2, 0) is 29.1 Å². The van der Waals surface area contributed by atoms with Gasteiger partial charge in [-0.3, -0.25) is 14.3 Å². The highest BCUT2D eigenvalue weighted by Crippen LogP contribution is 2.20. The summed E-state index contributed by atoms with van der Waals surface area (Å²) in [6, 6.07) is 2.10. The fourth-order valence-corrected chi connectivity index (χ4v) is 3.97. The third-order valence-corrected chi connectivity index (χ3v) is 5.51. The van der Waals surface area contributed by atoms with Crippen LogP contribution in [0.25, 0.3) is 0 Å². The molecule has 0 spiro atoms. The van der Waals surface area contributed by atoms with Crippen molar-refractivity contribution in [2.75, 3.05) is 32.7 Å². The molecule has 0 aliphatic carbocycles. The van der Waals surface area contributed by atoms with Crippen molar-refractivity contribution in [3.8, 4) is 0 Å². The second kappa shape index (κ2) is 8.66. The van der Waals surface area contributed by atoms with Gasteiger partial charge in [-0.15, -0.1) is 0 Å². The van der Waals surface area contributed by atoms with Crippen molar-refractivity contribution >= 4 is 11.8 Å². The summed E-state index contributed by atoms with van der Waals surface area (Å²) in [5.41, 5.74) is 2.19. The number of carbonyl (C=O) groups excluding carboxylic acids is 2. The van der Waals surface area contributed by atoms with Crippen LogP contribution in [0.4, 0.5) is 0 Å². The Morgan fingerprint density at radius 1 is 1.31 bits per heavy atom. The maximum atomic E-state index is 12.6. The molecule has 0 bridgehead atoms. The average Bonchev–Trinajstić information content (AvgIpc) is 3.10. The molecule has 2 aliphatic heterocycles. The van der Waals surface area contributed by atoms with E-state index in [-0.39, 0.29) is 17.7 Å². The molecule has 0 saturated carbocycles. The molecular formula is C19H31N5O2. The summed E-state index contributed by atoms with van der Waals surface area (Å²) in [5.74, 6) is 0.298. The number of carbonyl (C=O) groups is 2. The number of nitrogens with one attached hydrogen (secondary N) is 1. The zero-order valence-corrected chi connectivity index (χ0v) is 16.0. The number of fused-ring (bicyclic) bond motifs is 1. The number of likely N-dealkylation sites (tertiary alicyclic amines) is 1. The summed E-state index contributed by atoms with van der Waals surface area (Å²) < 4.78 is 2.04. The lowest BCUT2D eigenvalue weighted by molar-refractivity contribution is -0.140. The normalized spacial score (nSPS) is 19.9. The molecular weight excluding hydrogens is 330 g/mol. The molecule has 0 aromatic carbocycles. The number of aryl methyl sites for hydroxylation is 1. The molecule has 1 aromatic heterocycles. The van der Waals surface area contributed by atoms with E-state index < -0.39 is 0 Å². The predicted octanol–water partition coefficient (Wildman–Crippen LogP) is 1.03. The van der Waals surface area contributed by atoms with Gasteiger partial charge in [0.15, 0.2) is 0 Å². The fraction of sp³-hybridized carbons (Fsp3) is 0.737. The van der Waals surface area contributed by atoms with Gasteiger partial charge in [0, 0.05) is 52.1 Å². The fourth-order valence-electron chi connectivity index (χ4n) is 3.97. The minimum absolute atomic E-state index is 0.0430. The minimum atomic E-state index is -0.0430. The lowest BCUT2D eigenvalue weighted by Crippen LogP contribution is -2.46. The number of aromatic nitrogens is 2. The van der Waals surface area contributed by atoms with Crippen molar-refractivity contribution in [2.24, 2.45) is 5.92 Å². The molecule has 1 atom stereocenters. The van der Waals surface area contributed by atoms with E-state index in [4.69, 9.17) is 0 Å². The molecule has 1 aromatic rings. The molecule has 7 nitrogen and oxygen atoms in total. The summed E-state index contributed by atoms with van der Waals surface area (Å²) in [5, 5.41) is 7.93. The van der Waals surface area contributed by atoms with Crippen molar-refractivity contribution in [1.82, 2.24) is 24.9 Å². The van der Waals surface area contributed by atoms with Crippen LogP contribution in [-0.4, -0.2) is 64.1 Å². The molecule has 26 heavy (non-hydrogen) atoms. The zero-order chi connectivity index (χ0) is 18.5. The summed E-state index contributed by atoms with van der Waals surface area (Å²) in [6.45, 7) is 9.51. The van der Waals surface area contributed by atoms with Gasteiger partial charge in [-0.1, -0.05) is 0 Å². The highest BCUT2D eigenvalue weighted by atomic mass is 16.2. The maximum Gasteiger partial charge on any atom is 0.227 e. The van der Waals surface area contributed by atoms with Crippen molar-refractivity contribution < 1.29 is 9.59 Å².